The van der Waals surface area contributed by atoms with Crippen molar-refractivity contribution in [1.29, 1.82) is 0 Å². The van der Waals surface area contributed by atoms with Crippen LogP contribution in [0.25, 0.3) is 0 Å². The largest absolute Gasteiger partial charge is 0.317 e. The number of nitrogens with one attached hydrogen (secondary N) is 1. The molecule has 0 saturated heterocycles. The molecule has 0 rings (SSSR count). The van der Waals surface area contributed by atoms with E-state index < -0.39 is 10.1 Å². The third kappa shape index (κ3) is 35.7. The monoisotopic (exact) mass is 435 g/mol. The van der Waals surface area contributed by atoms with Gasteiger partial charge in [0.25, 0.3) is 10.1 Å². The Kier molecular flexibility index (Phi) is 24.2. The van der Waals surface area contributed by atoms with Gasteiger partial charge in [-0.3, -0.25) is 4.55 Å². The molecule has 0 saturated carbocycles. The summed E-state index contributed by atoms with van der Waals surface area (Å²) in [6.07, 6.45) is 17.3. The molecule has 0 aliphatic carbocycles. The predicted octanol–water partition coefficient (Wildman–Crippen LogP) is 7.24. The zero-order valence-corrected chi connectivity index (χ0v) is 21.2. The highest BCUT2D eigenvalue weighted by atomic mass is 32.2. The van der Waals surface area contributed by atoms with Crippen molar-refractivity contribution in [1.82, 2.24) is 5.32 Å². The first-order valence-corrected chi connectivity index (χ1v) is 14.0. The molecule has 178 valence electrons. The zero-order valence-electron chi connectivity index (χ0n) is 20.3. The van der Waals surface area contributed by atoms with E-state index in [2.05, 4.69) is 39.9 Å². The van der Waals surface area contributed by atoms with E-state index in [1.807, 2.05) is 0 Å². The van der Waals surface area contributed by atoms with Gasteiger partial charge in [-0.2, -0.15) is 8.42 Å². The van der Waals surface area contributed by atoms with Crippen molar-refractivity contribution in [3.05, 3.63) is 0 Å². The molecule has 0 atom stereocenters. The van der Waals surface area contributed by atoms with Gasteiger partial charge in [0.15, 0.2) is 0 Å². The Bertz CT molecular complexity index is 392. The summed E-state index contributed by atoms with van der Waals surface area (Å²) in [5.41, 5.74) is 0. The summed E-state index contributed by atoms with van der Waals surface area (Å²) >= 11 is 0. The van der Waals surface area contributed by atoms with E-state index >= 15 is 0 Å². The van der Waals surface area contributed by atoms with E-state index in [0.717, 1.165) is 24.7 Å². The molecule has 0 aromatic heterocycles. The standard InChI is InChI=1S/C16H35N.C8H18O3S/c1-15(2)11-7-5-9-13-17-14-10-6-8-12-16(3)4;1-2-3-4-5-6-7-8-12(9,10)11/h15-17H,5-14H2,1-4H3;2-8H2,1H3,(H,9,10,11). The summed E-state index contributed by atoms with van der Waals surface area (Å²) in [6.45, 7) is 13.8. The third-order valence-electron chi connectivity index (χ3n) is 5.03. The first-order chi connectivity index (χ1) is 13.7. The van der Waals surface area contributed by atoms with Crippen LogP contribution in [-0.2, 0) is 10.1 Å². The van der Waals surface area contributed by atoms with Gasteiger partial charge in [0.05, 0.1) is 5.75 Å². The summed E-state index contributed by atoms with van der Waals surface area (Å²) in [6, 6.07) is 0. The second kappa shape index (κ2) is 22.6. The van der Waals surface area contributed by atoms with Gasteiger partial charge < -0.3 is 5.32 Å². The molecule has 29 heavy (non-hydrogen) atoms. The maximum atomic E-state index is 10.3. The van der Waals surface area contributed by atoms with Gasteiger partial charge >= 0.3 is 0 Å². The Morgan fingerprint density at radius 3 is 1.48 bits per heavy atom. The van der Waals surface area contributed by atoms with Crippen LogP contribution < -0.4 is 5.32 Å². The number of hydrogen-bond acceptors (Lipinski definition) is 3. The lowest BCUT2D eigenvalue weighted by Crippen LogP contribution is -2.16. The van der Waals surface area contributed by atoms with Crippen molar-refractivity contribution in [3.63, 3.8) is 0 Å². The van der Waals surface area contributed by atoms with Crippen molar-refractivity contribution >= 4 is 10.1 Å². The summed E-state index contributed by atoms with van der Waals surface area (Å²) in [7, 11) is -3.72. The van der Waals surface area contributed by atoms with E-state index in [-0.39, 0.29) is 5.75 Å². The minimum absolute atomic E-state index is 0.0842. The summed E-state index contributed by atoms with van der Waals surface area (Å²) < 4.78 is 28.9. The molecule has 0 heterocycles. The van der Waals surface area contributed by atoms with Crippen molar-refractivity contribution in [2.75, 3.05) is 18.8 Å². The van der Waals surface area contributed by atoms with E-state index in [0.29, 0.717) is 6.42 Å². The molecule has 0 bridgehead atoms. The van der Waals surface area contributed by atoms with Crippen LogP contribution in [0, 0.1) is 11.8 Å². The van der Waals surface area contributed by atoms with E-state index in [4.69, 9.17) is 4.55 Å². The SMILES string of the molecule is CC(C)CCCCCNCCCCCC(C)C.CCCCCCCCS(=O)(=O)O. The normalized spacial score (nSPS) is 11.7. The van der Waals surface area contributed by atoms with Gasteiger partial charge in [-0.25, -0.2) is 0 Å². The van der Waals surface area contributed by atoms with E-state index in [1.54, 1.807) is 0 Å². The zero-order chi connectivity index (χ0) is 22.4. The molecule has 0 spiro atoms. The molecule has 0 radical (unpaired) electrons. The number of rotatable bonds is 19. The van der Waals surface area contributed by atoms with Gasteiger partial charge in [-0.05, 0) is 44.2 Å². The van der Waals surface area contributed by atoms with Crippen molar-refractivity contribution < 1.29 is 13.0 Å². The summed E-state index contributed by atoms with van der Waals surface area (Å²) in [5, 5.41) is 3.56. The molecular formula is C24H53NO3S. The Labute approximate surface area is 183 Å². The lowest BCUT2D eigenvalue weighted by molar-refractivity contribution is 0.478. The maximum absolute atomic E-state index is 10.3. The molecule has 0 fully saturated rings. The number of unbranched alkanes of at least 4 members (excludes halogenated alkanes) is 9. The second-order valence-electron chi connectivity index (χ2n) is 9.29. The Morgan fingerprint density at radius 1 is 0.655 bits per heavy atom. The van der Waals surface area contributed by atoms with Crippen LogP contribution in [0.2, 0.25) is 0 Å². The van der Waals surface area contributed by atoms with Gasteiger partial charge in [0.2, 0.25) is 0 Å². The first-order valence-electron chi connectivity index (χ1n) is 12.3. The fraction of sp³-hybridized carbons (Fsp3) is 1.00. The molecule has 5 heteroatoms. The highest BCUT2D eigenvalue weighted by Crippen LogP contribution is 2.08. The molecule has 0 aliphatic heterocycles. The van der Waals surface area contributed by atoms with Gasteiger partial charge in [0, 0.05) is 0 Å². The summed E-state index contributed by atoms with van der Waals surface area (Å²) in [5.74, 6) is 1.67. The Hall–Kier alpha value is -0.130. The van der Waals surface area contributed by atoms with Crippen molar-refractivity contribution in [2.24, 2.45) is 11.8 Å². The van der Waals surface area contributed by atoms with Crippen LogP contribution in [0.5, 0.6) is 0 Å². The smallest absolute Gasteiger partial charge is 0.264 e. The third-order valence-corrected chi connectivity index (χ3v) is 5.83. The Morgan fingerprint density at radius 2 is 1.07 bits per heavy atom. The first kappa shape index (κ1) is 31.1. The van der Waals surface area contributed by atoms with Crippen LogP contribution in [-0.4, -0.2) is 31.8 Å². The molecule has 0 aromatic rings. The average Bonchev–Trinajstić information content (AvgIpc) is 2.62. The van der Waals surface area contributed by atoms with Crippen molar-refractivity contribution in [3.8, 4) is 0 Å². The molecule has 0 unspecified atom stereocenters. The van der Waals surface area contributed by atoms with E-state index in [9.17, 15) is 8.42 Å². The summed E-state index contributed by atoms with van der Waals surface area (Å²) in [4.78, 5) is 0. The van der Waals surface area contributed by atoms with Crippen LogP contribution >= 0.6 is 0 Å². The fourth-order valence-corrected chi connectivity index (χ4v) is 3.72. The molecule has 2 N–H and O–H groups in total. The van der Waals surface area contributed by atoms with Crippen LogP contribution in [0.1, 0.15) is 125 Å². The average molecular weight is 436 g/mol. The second-order valence-corrected chi connectivity index (χ2v) is 10.9. The van der Waals surface area contributed by atoms with Gasteiger partial charge in [-0.15, -0.1) is 0 Å². The lowest BCUT2D eigenvalue weighted by atomic mass is 10.1. The highest BCUT2D eigenvalue weighted by Gasteiger charge is 2.02. The van der Waals surface area contributed by atoms with Gasteiger partial charge in [-0.1, -0.05) is 105 Å². The lowest BCUT2D eigenvalue weighted by Gasteiger charge is -2.07. The topological polar surface area (TPSA) is 66.4 Å². The molecular weight excluding hydrogens is 382 g/mol. The van der Waals surface area contributed by atoms with E-state index in [1.165, 1.54) is 83.7 Å². The molecule has 4 nitrogen and oxygen atoms in total. The van der Waals surface area contributed by atoms with Crippen LogP contribution in [0.4, 0.5) is 0 Å². The van der Waals surface area contributed by atoms with Crippen LogP contribution in [0.3, 0.4) is 0 Å². The minimum atomic E-state index is -3.72. The Balaban J connectivity index is 0. The fourth-order valence-electron chi connectivity index (χ4n) is 3.15. The highest BCUT2D eigenvalue weighted by molar-refractivity contribution is 7.85. The molecule has 0 amide bonds. The quantitative estimate of drug-likeness (QED) is 0.166. The van der Waals surface area contributed by atoms with Gasteiger partial charge in [0.1, 0.15) is 0 Å². The predicted molar refractivity (Wildman–Crippen MR) is 129 cm³/mol. The van der Waals surface area contributed by atoms with Crippen molar-refractivity contribution in [2.45, 2.75) is 125 Å². The minimum Gasteiger partial charge on any atom is -0.317 e. The van der Waals surface area contributed by atoms with Crippen LogP contribution in [0.15, 0.2) is 0 Å². The maximum Gasteiger partial charge on any atom is 0.264 e. The molecule has 0 aromatic carbocycles. The number of hydrogen-bond donors (Lipinski definition) is 2. The molecule has 0 aliphatic rings.